The molecule has 0 N–H and O–H groups in total. The predicted octanol–water partition coefficient (Wildman–Crippen LogP) is 6.05. The Bertz CT molecular complexity index is 615. The Morgan fingerprint density at radius 3 is 2.00 bits per heavy atom. The summed E-state index contributed by atoms with van der Waals surface area (Å²) in [5.41, 5.74) is 0. The third-order valence-corrected chi connectivity index (χ3v) is 6.61. The van der Waals surface area contributed by atoms with Gasteiger partial charge in [-0.25, -0.2) is 0 Å². The van der Waals surface area contributed by atoms with E-state index in [0.29, 0.717) is 6.61 Å². The molecule has 0 amide bonds. The van der Waals surface area contributed by atoms with E-state index in [-0.39, 0.29) is 18.0 Å². The predicted molar refractivity (Wildman–Crippen MR) is 122 cm³/mol. The summed E-state index contributed by atoms with van der Waals surface area (Å²) in [5.74, 6) is -0.390. The van der Waals surface area contributed by atoms with Crippen LogP contribution in [0.2, 0.25) is 0 Å². The van der Waals surface area contributed by atoms with E-state index in [9.17, 15) is 8.42 Å². The van der Waals surface area contributed by atoms with E-state index in [2.05, 4.69) is 18.7 Å². The summed E-state index contributed by atoms with van der Waals surface area (Å²) in [5, 5.41) is 0. The zero-order valence-corrected chi connectivity index (χ0v) is 19.7. The maximum atomic E-state index is 10.8. The fourth-order valence-corrected chi connectivity index (χ4v) is 4.76. The lowest BCUT2D eigenvalue weighted by Gasteiger charge is -2.28. The van der Waals surface area contributed by atoms with Crippen LogP contribution >= 0.6 is 0 Å². The molecule has 174 valence electrons. The fourth-order valence-electron chi connectivity index (χ4n) is 4.34. The Morgan fingerprint density at radius 1 is 0.933 bits per heavy atom. The molecule has 2 rings (SSSR count). The molecule has 0 aromatic rings. The van der Waals surface area contributed by atoms with Crippen LogP contribution in [0.5, 0.6) is 0 Å². The molecule has 0 aromatic heterocycles. The van der Waals surface area contributed by atoms with E-state index in [1.54, 1.807) is 0 Å². The second kappa shape index (κ2) is 13.7. The third-order valence-electron chi connectivity index (χ3n) is 6.01. The van der Waals surface area contributed by atoms with E-state index in [4.69, 9.17) is 13.7 Å². The second-order valence-electron chi connectivity index (χ2n) is 8.82. The molecule has 6 heteroatoms. The van der Waals surface area contributed by atoms with Gasteiger partial charge in [-0.1, -0.05) is 88.9 Å². The summed E-state index contributed by atoms with van der Waals surface area (Å²) in [6, 6.07) is 0. The van der Waals surface area contributed by atoms with Gasteiger partial charge < -0.3 is 9.47 Å². The normalized spacial score (nSPS) is 25.6. The van der Waals surface area contributed by atoms with Crippen molar-refractivity contribution in [2.75, 3.05) is 12.9 Å². The first-order valence-corrected chi connectivity index (χ1v) is 13.8. The van der Waals surface area contributed by atoms with Crippen molar-refractivity contribution >= 4 is 10.1 Å². The minimum absolute atomic E-state index is 0.0117. The van der Waals surface area contributed by atoms with Crippen molar-refractivity contribution in [3.8, 4) is 0 Å². The lowest BCUT2D eigenvalue weighted by atomic mass is 10.0. The van der Waals surface area contributed by atoms with E-state index in [0.717, 1.165) is 31.9 Å². The summed E-state index contributed by atoms with van der Waals surface area (Å²) >= 11 is 0. The topological polar surface area (TPSA) is 61.8 Å². The smallest absolute Gasteiger partial charge is 0.264 e. The molecule has 2 bridgehead atoms. The Balaban J connectivity index is 1.33. The highest BCUT2D eigenvalue weighted by molar-refractivity contribution is 7.85. The molecule has 0 spiro atoms. The van der Waals surface area contributed by atoms with Crippen LogP contribution in [0.3, 0.4) is 0 Å². The summed E-state index contributed by atoms with van der Waals surface area (Å²) in [6.45, 7) is 4.18. The third kappa shape index (κ3) is 10.1. The lowest BCUT2D eigenvalue weighted by Crippen LogP contribution is -2.32. The first-order chi connectivity index (χ1) is 14.4. The average Bonchev–Trinajstić information content (AvgIpc) is 2.96. The Labute approximate surface area is 184 Å². The van der Waals surface area contributed by atoms with Gasteiger partial charge >= 0.3 is 0 Å². The van der Waals surface area contributed by atoms with Crippen LogP contribution < -0.4 is 0 Å². The Morgan fingerprint density at radius 2 is 1.47 bits per heavy atom. The van der Waals surface area contributed by atoms with Gasteiger partial charge in [-0.05, 0) is 12.8 Å². The van der Waals surface area contributed by atoms with Crippen LogP contribution in [0.1, 0.15) is 96.3 Å². The van der Waals surface area contributed by atoms with Crippen molar-refractivity contribution in [3.05, 3.63) is 24.8 Å². The maximum absolute atomic E-state index is 10.8. The highest BCUT2D eigenvalue weighted by Crippen LogP contribution is 2.40. The molecule has 2 aliphatic heterocycles. The fraction of sp³-hybridized carbons (Fsp3) is 0.833. The number of hydrogen-bond donors (Lipinski definition) is 0. The molecule has 30 heavy (non-hydrogen) atoms. The van der Waals surface area contributed by atoms with Crippen molar-refractivity contribution in [1.29, 1.82) is 0 Å². The zero-order valence-electron chi connectivity index (χ0n) is 18.9. The van der Waals surface area contributed by atoms with Gasteiger partial charge in [0, 0.05) is 12.8 Å². The molecule has 1 saturated heterocycles. The highest BCUT2D eigenvalue weighted by Gasteiger charge is 2.46. The molecule has 2 heterocycles. The van der Waals surface area contributed by atoms with Crippen molar-refractivity contribution in [3.63, 3.8) is 0 Å². The molecular formula is C24H42O5S. The summed E-state index contributed by atoms with van der Waals surface area (Å²) in [6.07, 6.45) is 25.2. The van der Waals surface area contributed by atoms with E-state index in [1.165, 1.54) is 70.6 Å². The monoisotopic (exact) mass is 442 g/mol. The molecule has 0 aliphatic carbocycles. The number of unbranched alkanes of at least 4 members (excludes halogenated alkanes) is 12. The van der Waals surface area contributed by atoms with Crippen molar-refractivity contribution in [1.82, 2.24) is 0 Å². The van der Waals surface area contributed by atoms with Crippen molar-refractivity contribution < 1.29 is 22.1 Å². The SMILES string of the molecule is C=C[C@H]1O[C@@]2(CCCCCCCCCCCCCCCOS(C)(=O)=O)CC=C[C@H]1O2. The summed E-state index contributed by atoms with van der Waals surface area (Å²) < 4.78 is 38.7. The van der Waals surface area contributed by atoms with Crippen molar-refractivity contribution in [2.24, 2.45) is 0 Å². The molecule has 5 nitrogen and oxygen atoms in total. The molecule has 0 aromatic carbocycles. The van der Waals surface area contributed by atoms with E-state index in [1.807, 2.05) is 6.08 Å². The van der Waals surface area contributed by atoms with E-state index >= 15 is 0 Å². The molecule has 1 fully saturated rings. The maximum Gasteiger partial charge on any atom is 0.264 e. The highest BCUT2D eigenvalue weighted by atomic mass is 32.2. The standard InChI is InChI=1S/C24H42O5S/c1-3-22-23-18-17-20-24(28-22,29-23)19-15-13-11-9-7-5-4-6-8-10-12-14-16-21-27-30(2,25)26/h3,17-18,22-23H,1,4-16,19-21H2,2H3/t22-,23-,24-/m1/s1. The Kier molecular flexibility index (Phi) is 11.6. The van der Waals surface area contributed by atoms with Crippen LogP contribution in [0.4, 0.5) is 0 Å². The number of hydrogen-bond acceptors (Lipinski definition) is 5. The van der Waals surface area contributed by atoms with Crippen LogP contribution in [0.15, 0.2) is 24.8 Å². The minimum atomic E-state index is -3.27. The van der Waals surface area contributed by atoms with Crippen LogP contribution in [0.25, 0.3) is 0 Å². The van der Waals surface area contributed by atoms with Gasteiger partial charge in [0.05, 0.1) is 12.9 Å². The largest absolute Gasteiger partial charge is 0.339 e. The molecule has 0 saturated carbocycles. The van der Waals surface area contributed by atoms with Gasteiger partial charge in [0.1, 0.15) is 12.2 Å². The quantitative estimate of drug-likeness (QED) is 0.147. The minimum Gasteiger partial charge on any atom is -0.339 e. The van der Waals surface area contributed by atoms with E-state index < -0.39 is 10.1 Å². The van der Waals surface area contributed by atoms with Crippen LogP contribution in [-0.2, 0) is 23.8 Å². The molecule has 0 unspecified atom stereocenters. The van der Waals surface area contributed by atoms with Crippen molar-refractivity contribution in [2.45, 2.75) is 114 Å². The molecule has 0 radical (unpaired) electrons. The van der Waals surface area contributed by atoms with Gasteiger partial charge in [0.15, 0.2) is 5.79 Å². The summed E-state index contributed by atoms with van der Waals surface area (Å²) in [4.78, 5) is 0. The van der Waals surface area contributed by atoms with Gasteiger partial charge in [0.2, 0.25) is 0 Å². The summed E-state index contributed by atoms with van der Waals surface area (Å²) in [7, 11) is -3.27. The number of fused-ring (bicyclic) bond motifs is 2. The first-order valence-electron chi connectivity index (χ1n) is 11.9. The lowest BCUT2D eigenvalue weighted by molar-refractivity contribution is -0.175. The zero-order chi connectivity index (χ0) is 21.7. The molecule has 3 atom stereocenters. The Hall–Kier alpha value is -0.690. The van der Waals surface area contributed by atoms with Gasteiger partial charge in [-0.3, -0.25) is 4.18 Å². The number of ether oxygens (including phenoxy) is 2. The molecular weight excluding hydrogens is 400 g/mol. The second-order valence-corrected chi connectivity index (χ2v) is 10.5. The molecule has 2 aliphatic rings. The van der Waals surface area contributed by atoms with Gasteiger partial charge in [-0.2, -0.15) is 8.42 Å². The van der Waals surface area contributed by atoms with Crippen LogP contribution in [-0.4, -0.2) is 39.3 Å². The first kappa shape index (κ1) is 25.6. The van der Waals surface area contributed by atoms with Gasteiger partial charge in [0.25, 0.3) is 10.1 Å². The van der Waals surface area contributed by atoms with Crippen LogP contribution in [0, 0.1) is 0 Å². The number of rotatable bonds is 18. The average molecular weight is 443 g/mol. The van der Waals surface area contributed by atoms with Gasteiger partial charge in [-0.15, -0.1) is 6.58 Å².